The van der Waals surface area contributed by atoms with Gasteiger partial charge >= 0.3 is 5.97 Å². The maximum atomic E-state index is 13.8. The van der Waals surface area contributed by atoms with Crippen molar-refractivity contribution in [2.24, 2.45) is 5.73 Å². The molecule has 0 aliphatic heterocycles. The molecule has 0 saturated heterocycles. The van der Waals surface area contributed by atoms with Crippen molar-refractivity contribution in [1.29, 1.82) is 0 Å². The number of carbonyl (C=O) groups is 2. The first-order valence-corrected chi connectivity index (χ1v) is 9.03. The summed E-state index contributed by atoms with van der Waals surface area (Å²) >= 11 is 0. The summed E-state index contributed by atoms with van der Waals surface area (Å²) in [6.45, 7) is -0.689. The lowest BCUT2D eigenvalue weighted by atomic mass is 10.1. The van der Waals surface area contributed by atoms with E-state index in [1.54, 1.807) is 30.3 Å². The van der Waals surface area contributed by atoms with Gasteiger partial charge < -0.3 is 10.5 Å². The van der Waals surface area contributed by atoms with Gasteiger partial charge in [-0.25, -0.2) is 12.8 Å². The van der Waals surface area contributed by atoms with Gasteiger partial charge in [-0.05, 0) is 24.1 Å². The Kier molecular flexibility index (Phi) is 6.42. The molecule has 0 heterocycles. The minimum atomic E-state index is -4.34. The highest BCUT2D eigenvalue weighted by Gasteiger charge is 2.29. The molecule has 0 unspecified atom stereocenters. The van der Waals surface area contributed by atoms with Crippen molar-refractivity contribution in [2.75, 3.05) is 6.61 Å². The average Bonchev–Trinajstić information content (AvgIpc) is 2.60. The highest BCUT2D eigenvalue weighted by molar-refractivity contribution is 7.89. The first-order valence-electron chi connectivity index (χ1n) is 7.55. The number of hydrogen-bond acceptors (Lipinski definition) is 5. The summed E-state index contributed by atoms with van der Waals surface area (Å²) in [5.74, 6) is -2.83. The van der Waals surface area contributed by atoms with E-state index in [9.17, 15) is 22.4 Å². The predicted octanol–water partition coefficient (Wildman–Crippen LogP) is 0.744. The molecule has 0 fully saturated rings. The zero-order chi connectivity index (χ0) is 19.2. The van der Waals surface area contributed by atoms with Crippen molar-refractivity contribution in [3.63, 3.8) is 0 Å². The maximum Gasteiger partial charge on any atom is 0.325 e. The first kappa shape index (κ1) is 19.5. The van der Waals surface area contributed by atoms with Gasteiger partial charge in [-0.1, -0.05) is 42.5 Å². The number of esters is 1. The summed E-state index contributed by atoms with van der Waals surface area (Å²) in [4.78, 5) is 22.4. The summed E-state index contributed by atoms with van der Waals surface area (Å²) in [6.07, 6.45) is -0.0495. The van der Waals surface area contributed by atoms with E-state index in [1.165, 1.54) is 12.1 Å². The molecule has 0 aliphatic carbocycles. The molecule has 2 aromatic carbocycles. The summed E-state index contributed by atoms with van der Waals surface area (Å²) in [7, 11) is -4.34. The molecule has 0 spiro atoms. The molecule has 2 aromatic rings. The molecule has 1 amide bonds. The molecule has 0 aliphatic rings. The zero-order valence-corrected chi connectivity index (χ0v) is 14.4. The third kappa shape index (κ3) is 5.36. The van der Waals surface area contributed by atoms with Gasteiger partial charge in [0, 0.05) is 0 Å². The predicted molar refractivity (Wildman–Crippen MR) is 90.8 cm³/mol. The number of carbonyl (C=O) groups excluding carboxylic acids is 2. The third-order valence-corrected chi connectivity index (χ3v) is 4.85. The van der Waals surface area contributed by atoms with E-state index in [4.69, 9.17) is 10.5 Å². The van der Waals surface area contributed by atoms with Crippen LogP contribution in [0.15, 0.2) is 59.5 Å². The van der Waals surface area contributed by atoms with Crippen LogP contribution in [0.1, 0.15) is 5.56 Å². The Labute approximate surface area is 150 Å². The largest absolute Gasteiger partial charge is 0.454 e. The molecule has 0 radical (unpaired) electrons. The van der Waals surface area contributed by atoms with E-state index in [0.29, 0.717) is 5.56 Å². The van der Waals surface area contributed by atoms with Crippen molar-refractivity contribution in [3.8, 4) is 0 Å². The lowest BCUT2D eigenvalue weighted by molar-refractivity contribution is -0.149. The fraction of sp³-hybridized carbons (Fsp3) is 0.176. The van der Waals surface area contributed by atoms with Gasteiger partial charge in [-0.2, -0.15) is 4.72 Å². The Morgan fingerprint density at radius 2 is 1.69 bits per heavy atom. The minimum absolute atomic E-state index is 0.0495. The third-order valence-electron chi connectivity index (χ3n) is 3.35. The summed E-state index contributed by atoms with van der Waals surface area (Å²) in [5, 5.41) is 0. The minimum Gasteiger partial charge on any atom is -0.454 e. The quantitative estimate of drug-likeness (QED) is 0.656. The van der Waals surface area contributed by atoms with Gasteiger partial charge in [0.25, 0.3) is 5.91 Å². The van der Waals surface area contributed by atoms with Crippen LogP contribution in [0.3, 0.4) is 0 Å². The fourth-order valence-electron chi connectivity index (χ4n) is 2.18. The number of benzene rings is 2. The van der Waals surface area contributed by atoms with Gasteiger partial charge in [0.2, 0.25) is 10.0 Å². The Morgan fingerprint density at radius 1 is 1.08 bits per heavy atom. The highest BCUT2D eigenvalue weighted by atomic mass is 32.2. The maximum absolute atomic E-state index is 13.8. The number of rotatable bonds is 8. The molecule has 3 N–H and O–H groups in total. The number of sulfonamides is 1. The Bertz CT molecular complexity index is 887. The SMILES string of the molecule is NC(=O)COC(=O)[C@H](Cc1ccccc1)NS(=O)(=O)c1ccccc1F. The number of nitrogens with one attached hydrogen (secondary N) is 1. The standard InChI is InChI=1S/C17H17FN2O5S/c18-13-8-4-5-9-15(13)26(23,24)20-14(17(22)25-11-16(19)21)10-12-6-2-1-3-7-12/h1-9,14,20H,10-11H2,(H2,19,21)/t14-/m0/s1. The summed E-state index contributed by atoms with van der Waals surface area (Å²) < 4.78 is 45.6. The fourth-order valence-corrected chi connectivity index (χ4v) is 3.44. The molecule has 9 heteroatoms. The van der Waals surface area contributed by atoms with Gasteiger partial charge in [-0.15, -0.1) is 0 Å². The van der Waals surface area contributed by atoms with Crippen molar-refractivity contribution in [3.05, 3.63) is 66.0 Å². The lowest BCUT2D eigenvalue weighted by Gasteiger charge is -2.18. The van der Waals surface area contributed by atoms with Crippen LogP contribution in [0.25, 0.3) is 0 Å². The van der Waals surface area contributed by atoms with Crippen LogP contribution in [-0.2, 0) is 30.8 Å². The van der Waals surface area contributed by atoms with Crippen molar-refractivity contribution >= 4 is 21.9 Å². The van der Waals surface area contributed by atoms with Gasteiger partial charge in [0.15, 0.2) is 6.61 Å². The van der Waals surface area contributed by atoms with Gasteiger partial charge in [-0.3, -0.25) is 9.59 Å². The van der Waals surface area contributed by atoms with Gasteiger partial charge in [0.05, 0.1) is 0 Å². The molecule has 138 valence electrons. The monoisotopic (exact) mass is 380 g/mol. The number of hydrogen-bond donors (Lipinski definition) is 2. The summed E-state index contributed by atoms with van der Waals surface area (Å²) in [5.41, 5.74) is 5.57. The highest BCUT2D eigenvalue weighted by Crippen LogP contribution is 2.15. The molecular weight excluding hydrogens is 363 g/mol. The molecule has 26 heavy (non-hydrogen) atoms. The molecule has 0 bridgehead atoms. The molecule has 1 atom stereocenters. The van der Waals surface area contributed by atoms with Crippen LogP contribution in [0.5, 0.6) is 0 Å². The average molecular weight is 380 g/mol. The smallest absolute Gasteiger partial charge is 0.325 e. The van der Waals surface area contributed by atoms with Crippen LogP contribution >= 0.6 is 0 Å². The number of halogens is 1. The van der Waals surface area contributed by atoms with Crippen LogP contribution < -0.4 is 10.5 Å². The number of nitrogens with two attached hydrogens (primary N) is 1. The van der Waals surface area contributed by atoms with Crippen LogP contribution in [0.4, 0.5) is 4.39 Å². The van der Waals surface area contributed by atoms with Crippen molar-refractivity contribution in [2.45, 2.75) is 17.4 Å². The van der Waals surface area contributed by atoms with E-state index in [0.717, 1.165) is 12.1 Å². The van der Waals surface area contributed by atoms with E-state index in [-0.39, 0.29) is 6.42 Å². The van der Waals surface area contributed by atoms with Crippen LogP contribution in [0, 0.1) is 5.82 Å². The van der Waals surface area contributed by atoms with E-state index < -0.39 is 45.3 Å². The number of primary amides is 1. The van der Waals surface area contributed by atoms with E-state index >= 15 is 0 Å². The van der Waals surface area contributed by atoms with Crippen LogP contribution in [-0.4, -0.2) is 32.9 Å². The van der Waals surface area contributed by atoms with E-state index in [2.05, 4.69) is 4.72 Å². The van der Waals surface area contributed by atoms with E-state index in [1.807, 2.05) is 0 Å². The molecule has 2 rings (SSSR count). The Hall–Kier alpha value is -2.78. The second-order valence-corrected chi connectivity index (χ2v) is 7.05. The molecule has 0 aromatic heterocycles. The Morgan fingerprint density at radius 3 is 2.31 bits per heavy atom. The summed E-state index contributed by atoms with van der Waals surface area (Å²) in [6, 6.07) is 12.0. The molecule has 7 nitrogen and oxygen atoms in total. The number of ether oxygens (including phenoxy) is 1. The zero-order valence-electron chi connectivity index (χ0n) is 13.6. The Balaban J connectivity index is 2.26. The second-order valence-electron chi connectivity index (χ2n) is 5.37. The lowest BCUT2D eigenvalue weighted by Crippen LogP contribution is -2.44. The number of amides is 1. The molecule has 0 saturated carbocycles. The van der Waals surface area contributed by atoms with Crippen LogP contribution in [0.2, 0.25) is 0 Å². The molecular formula is C17H17FN2O5S. The van der Waals surface area contributed by atoms with Crippen molar-refractivity contribution in [1.82, 2.24) is 4.72 Å². The van der Waals surface area contributed by atoms with Gasteiger partial charge in [0.1, 0.15) is 16.8 Å². The first-order chi connectivity index (χ1) is 12.3. The second kappa shape index (κ2) is 8.54. The normalized spacial score (nSPS) is 12.3. The topological polar surface area (TPSA) is 116 Å². The van der Waals surface area contributed by atoms with Crippen molar-refractivity contribution < 1.29 is 27.1 Å².